The average molecular weight is 568 g/mol. The standard InChI is InChI=1S/C31H38FN3O4S/c1-4-24(2)33-31(37)29(22-25-14-7-5-8-15-25)34(23-26-16-11-12-19-28(26)32)30(36)20-13-21-35(40(3,38)39)27-17-9-6-10-18-27/h5-12,14-19,24,29H,4,13,20-23H2,1-3H3,(H,33,37)/t24-,29+/m1/s1. The quantitative estimate of drug-likeness (QED) is 0.299. The third-order valence-corrected chi connectivity index (χ3v) is 7.96. The maximum atomic E-state index is 14.7. The van der Waals surface area contributed by atoms with Crippen LogP contribution in [0.2, 0.25) is 0 Å². The van der Waals surface area contributed by atoms with Gasteiger partial charge in [-0.15, -0.1) is 0 Å². The van der Waals surface area contributed by atoms with E-state index >= 15 is 0 Å². The Kier molecular flexibility index (Phi) is 11.3. The lowest BCUT2D eigenvalue weighted by atomic mass is 10.0. The minimum atomic E-state index is -3.58. The Labute approximate surface area is 237 Å². The largest absolute Gasteiger partial charge is 0.352 e. The fourth-order valence-corrected chi connectivity index (χ4v) is 5.37. The molecule has 0 saturated carbocycles. The molecule has 0 fully saturated rings. The smallest absolute Gasteiger partial charge is 0.243 e. The Morgan fingerprint density at radius 2 is 1.52 bits per heavy atom. The number of halogens is 1. The van der Waals surface area contributed by atoms with E-state index in [1.54, 1.807) is 48.5 Å². The number of sulfonamides is 1. The lowest BCUT2D eigenvalue weighted by molar-refractivity contribution is -0.141. The van der Waals surface area contributed by atoms with E-state index in [9.17, 15) is 22.4 Å². The lowest BCUT2D eigenvalue weighted by Crippen LogP contribution is -2.52. The first-order valence-corrected chi connectivity index (χ1v) is 15.3. The molecule has 0 unspecified atom stereocenters. The van der Waals surface area contributed by atoms with Crippen LogP contribution in [0.5, 0.6) is 0 Å². The summed E-state index contributed by atoms with van der Waals surface area (Å²) in [6.07, 6.45) is 2.30. The van der Waals surface area contributed by atoms with E-state index in [2.05, 4.69) is 5.32 Å². The summed E-state index contributed by atoms with van der Waals surface area (Å²) in [5.74, 6) is -1.14. The SMILES string of the molecule is CC[C@@H](C)NC(=O)[C@H](Cc1ccccc1)N(Cc1ccccc1F)C(=O)CCCN(c1ccccc1)S(C)(=O)=O. The van der Waals surface area contributed by atoms with Crippen molar-refractivity contribution in [2.24, 2.45) is 0 Å². The van der Waals surface area contributed by atoms with E-state index in [0.717, 1.165) is 11.8 Å². The van der Waals surface area contributed by atoms with Crippen LogP contribution < -0.4 is 9.62 Å². The topological polar surface area (TPSA) is 86.8 Å². The summed E-state index contributed by atoms with van der Waals surface area (Å²) < 4.78 is 41.0. The van der Waals surface area contributed by atoms with Crippen molar-refractivity contribution in [1.82, 2.24) is 10.2 Å². The van der Waals surface area contributed by atoms with E-state index in [0.29, 0.717) is 17.7 Å². The summed E-state index contributed by atoms with van der Waals surface area (Å²) in [4.78, 5) is 28.8. The number of amides is 2. The van der Waals surface area contributed by atoms with E-state index in [4.69, 9.17) is 0 Å². The van der Waals surface area contributed by atoms with Gasteiger partial charge in [0.15, 0.2) is 0 Å². The molecule has 0 aromatic heterocycles. The Balaban J connectivity index is 1.89. The van der Waals surface area contributed by atoms with Gasteiger partial charge in [-0.3, -0.25) is 13.9 Å². The lowest BCUT2D eigenvalue weighted by Gasteiger charge is -2.32. The van der Waals surface area contributed by atoms with Crippen molar-refractivity contribution in [3.05, 3.63) is 102 Å². The molecule has 0 heterocycles. The molecule has 3 rings (SSSR count). The zero-order valence-electron chi connectivity index (χ0n) is 23.3. The van der Waals surface area contributed by atoms with Gasteiger partial charge in [0, 0.05) is 37.5 Å². The fourth-order valence-electron chi connectivity index (χ4n) is 4.40. The zero-order valence-corrected chi connectivity index (χ0v) is 24.1. The van der Waals surface area contributed by atoms with Gasteiger partial charge in [0.05, 0.1) is 11.9 Å². The van der Waals surface area contributed by atoms with Gasteiger partial charge < -0.3 is 10.2 Å². The molecule has 0 aliphatic carbocycles. The molecule has 2 amide bonds. The Hall–Kier alpha value is -3.72. The van der Waals surface area contributed by atoms with Crippen molar-refractivity contribution in [3.63, 3.8) is 0 Å². The molecule has 40 heavy (non-hydrogen) atoms. The summed E-state index contributed by atoms with van der Waals surface area (Å²) in [5.41, 5.74) is 1.67. The van der Waals surface area contributed by atoms with Crippen molar-refractivity contribution in [3.8, 4) is 0 Å². The van der Waals surface area contributed by atoms with E-state index in [1.165, 1.54) is 15.3 Å². The third-order valence-electron chi connectivity index (χ3n) is 6.77. The molecule has 214 valence electrons. The number of nitrogens with zero attached hydrogens (tertiary/aromatic N) is 2. The van der Waals surface area contributed by atoms with Gasteiger partial charge in [-0.1, -0.05) is 73.7 Å². The molecule has 3 aromatic carbocycles. The minimum Gasteiger partial charge on any atom is -0.352 e. The van der Waals surface area contributed by atoms with Crippen molar-refractivity contribution >= 4 is 27.5 Å². The highest BCUT2D eigenvalue weighted by Crippen LogP contribution is 2.21. The van der Waals surface area contributed by atoms with Gasteiger partial charge in [-0.2, -0.15) is 0 Å². The summed E-state index contributed by atoms with van der Waals surface area (Å²) in [5, 5.41) is 2.99. The van der Waals surface area contributed by atoms with Crippen molar-refractivity contribution in [1.29, 1.82) is 0 Å². The number of nitrogens with one attached hydrogen (secondary N) is 1. The number of anilines is 1. The third kappa shape index (κ3) is 8.91. The highest BCUT2D eigenvalue weighted by atomic mass is 32.2. The van der Waals surface area contributed by atoms with E-state index < -0.39 is 21.9 Å². The number of para-hydroxylation sites is 1. The van der Waals surface area contributed by atoms with E-state index in [-0.39, 0.29) is 50.2 Å². The van der Waals surface area contributed by atoms with Gasteiger partial charge in [0.25, 0.3) is 0 Å². The summed E-state index contributed by atoms with van der Waals surface area (Å²) in [6.45, 7) is 3.85. The molecule has 9 heteroatoms. The average Bonchev–Trinajstić information content (AvgIpc) is 2.94. The molecular formula is C31H38FN3O4S. The van der Waals surface area contributed by atoms with E-state index in [1.807, 2.05) is 44.2 Å². The first-order chi connectivity index (χ1) is 19.1. The van der Waals surface area contributed by atoms with Crippen LogP contribution in [-0.2, 0) is 32.6 Å². The van der Waals surface area contributed by atoms with Gasteiger partial charge >= 0.3 is 0 Å². The Morgan fingerprint density at radius 3 is 2.12 bits per heavy atom. The predicted molar refractivity (Wildman–Crippen MR) is 157 cm³/mol. The maximum absolute atomic E-state index is 14.7. The Bertz CT molecular complexity index is 1350. The molecule has 0 spiro atoms. The van der Waals surface area contributed by atoms with Gasteiger partial charge in [0.1, 0.15) is 11.9 Å². The van der Waals surface area contributed by atoms with Crippen molar-refractivity contribution in [2.45, 2.75) is 58.2 Å². The molecule has 3 aromatic rings. The molecule has 1 N–H and O–H groups in total. The normalized spacial score (nSPS) is 12.8. The van der Waals surface area contributed by atoms with Crippen LogP contribution in [0, 0.1) is 5.82 Å². The van der Waals surface area contributed by atoms with Crippen LogP contribution in [-0.4, -0.2) is 50.0 Å². The number of hydrogen-bond acceptors (Lipinski definition) is 4. The predicted octanol–water partition coefficient (Wildman–Crippen LogP) is 4.93. The molecule has 0 aliphatic rings. The van der Waals surface area contributed by atoms with Crippen LogP contribution in [0.3, 0.4) is 0 Å². The van der Waals surface area contributed by atoms with Crippen LogP contribution in [0.4, 0.5) is 10.1 Å². The monoisotopic (exact) mass is 567 g/mol. The second-order valence-corrected chi connectivity index (χ2v) is 11.8. The number of carbonyl (C=O) groups excluding carboxylic acids is 2. The van der Waals surface area contributed by atoms with Crippen LogP contribution in [0.25, 0.3) is 0 Å². The molecule has 0 bridgehead atoms. The van der Waals surface area contributed by atoms with Crippen LogP contribution in [0.15, 0.2) is 84.9 Å². The molecule has 0 radical (unpaired) electrons. The first-order valence-electron chi connectivity index (χ1n) is 13.5. The minimum absolute atomic E-state index is 0.0186. The molecule has 0 aliphatic heterocycles. The summed E-state index contributed by atoms with van der Waals surface area (Å²) >= 11 is 0. The van der Waals surface area contributed by atoms with Gasteiger partial charge in [-0.25, -0.2) is 12.8 Å². The second kappa shape index (κ2) is 14.6. The first kappa shape index (κ1) is 30.8. The maximum Gasteiger partial charge on any atom is 0.243 e. The highest BCUT2D eigenvalue weighted by Gasteiger charge is 2.31. The van der Waals surface area contributed by atoms with Crippen LogP contribution in [0.1, 0.15) is 44.2 Å². The summed E-state index contributed by atoms with van der Waals surface area (Å²) in [6, 6.07) is 23.3. The molecule has 7 nitrogen and oxygen atoms in total. The van der Waals surface area contributed by atoms with Gasteiger partial charge in [-0.05, 0) is 43.5 Å². The highest BCUT2D eigenvalue weighted by molar-refractivity contribution is 7.92. The number of rotatable bonds is 14. The fraction of sp³-hybridized carbons (Fsp3) is 0.355. The number of carbonyl (C=O) groups is 2. The van der Waals surface area contributed by atoms with Crippen molar-refractivity contribution in [2.75, 3.05) is 17.1 Å². The number of hydrogen-bond donors (Lipinski definition) is 1. The number of benzene rings is 3. The zero-order chi connectivity index (χ0) is 29.1. The molecule has 2 atom stereocenters. The van der Waals surface area contributed by atoms with Crippen molar-refractivity contribution < 1.29 is 22.4 Å². The molecular weight excluding hydrogens is 529 g/mol. The second-order valence-electron chi connectivity index (χ2n) is 9.91. The Morgan fingerprint density at radius 1 is 0.925 bits per heavy atom. The summed E-state index contributed by atoms with van der Waals surface area (Å²) in [7, 11) is -3.58. The van der Waals surface area contributed by atoms with Crippen LogP contribution >= 0.6 is 0 Å². The van der Waals surface area contributed by atoms with Gasteiger partial charge in [0.2, 0.25) is 21.8 Å². The molecule has 0 saturated heterocycles.